The van der Waals surface area contributed by atoms with Gasteiger partial charge in [-0.2, -0.15) is 0 Å². The van der Waals surface area contributed by atoms with E-state index in [1.165, 1.54) is 0 Å². The van der Waals surface area contributed by atoms with Crippen LogP contribution in [0.25, 0.3) is 0 Å². The van der Waals surface area contributed by atoms with Gasteiger partial charge >= 0.3 is 0 Å². The molecule has 0 aliphatic heterocycles. The summed E-state index contributed by atoms with van der Waals surface area (Å²) in [6.45, 7) is 1.82. The fourth-order valence-electron chi connectivity index (χ4n) is 0.709. The Kier molecular flexibility index (Phi) is 4.04. The molecule has 84 valence electrons. The van der Waals surface area contributed by atoms with Crippen molar-refractivity contribution in [3.63, 3.8) is 0 Å². The van der Waals surface area contributed by atoms with E-state index in [1.54, 1.807) is 6.92 Å². The Bertz CT molecular complexity index is 343. The molecule has 1 aromatic rings. The van der Waals surface area contributed by atoms with Gasteiger partial charge in [-0.05, 0) is 0 Å². The molecule has 0 aromatic carbocycles. The van der Waals surface area contributed by atoms with Gasteiger partial charge in [0.2, 0.25) is 11.0 Å². The molecule has 8 heteroatoms. The third-order valence-electron chi connectivity index (χ3n) is 1.66. The molecule has 0 saturated heterocycles. The van der Waals surface area contributed by atoms with Crippen molar-refractivity contribution < 1.29 is 13.6 Å². The maximum atomic E-state index is 12.1. The third-order valence-corrected chi connectivity index (χ3v) is 2.50. The smallest absolute Gasteiger partial charge is 0.291 e. The van der Waals surface area contributed by atoms with Crippen molar-refractivity contribution in [3.8, 4) is 0 Å². The van der Waals surface area contributed by atoms with E-state index in [-0.39, 0.29) is 23.5 Å². The van der Waals surface area contributed by atoms with Gasteiger partial charge in [0.15, 0.2) is 5.01 Å². The number of nitrogens with two attached hydrogens (primary N) is 1. The predicted octanol–water partition coefficient (Wildman–Crippen LogP) is 1.01. The molecule has 0 radical (unpaired) electrons. The van der Waals surface area contributed by atoms with Crippen LogP contribution in [-0.4, -0.2) is 22.6 Å². The zero-order valence-corrected chi connectivity index (χ0v) is 8.72. The molecule has 5 nitrogen and oxygen atoms in total. The van der Waals surface area contributed by atoms with Crippen LogP contribution in [0.4, 0.5) is 13.9 Å². The van der Waals surface area contributed by atoms with Gasteiger partial charge < -0.3 is 11.1 Å². The lowest BCUT2D eigenvalue weighted by Gasteiger charge is -2.05. The largest absolute Gasteiger partial charge is 0.330 e. The van der Waals surface area contributed by atoms with Crippen LogP contribution in [0, 0.1) is 5.92 Å². The van der Waals surface area contributed by atoms with Crippen molar-refractivity contribution in [1.29, 1.82) is 0 Å². The van der Waals surface area contributed by atoms with Gasteiger partial charge in [0.25, 0.3) is 6.43 Å². The topological polar surface area (TPSA) is 80.9 Å². The second-order valence-corrected chi connectivity index (χ2v) is 3.88. The van der Waals surface area contributed by atoms with E-state index < -0.39 is 11.4 Å². The lowest BCUT2D eigenvalue weighted by atomic mass is 10.2. The number of alkyl halides is 2. The Morgan fingerprint density at radius 1 is 1.60 bits per heavy atom. The van der Waals surface area contributed by atoms with Crippen LogP contribution in [0.3, 0.4) is 0 Å². The highest BCUT2D eigenvalue weighted by atomic mass is 32.1. The first-order valence-electron chi connectivity index (χ1n) is 4.17. The minimum Gasteiger partial charge on any atom is -0.330 e. The maximum absolute atomic E-state index is 12.1. The van der Waals surface area contributed by atoms with Crippen LogP contribution in [0.1, 0.15) is 18.4 Å². The van der Waals surface area contributed by atoms with Gasteiger partial charge in [0.05, 0.1) is 0 Å². The Hall–Kier alpha value is -1.15. The minimum atomic E-state index is -2.67. The number of nitrogens with zero attached hydrogens (tertiary/aromatic N) is 2. The molecule has 1 rings (SSSR count). The average Bonchev–Trinajstić information content (AvgIpc) is 2.65. The van der Waals surface area contributed by atoms with Crippen LogP contribution in [0.15, 0.2) is 0 Å². The van der Waals surface area contributed by atoms with Gasteiger partial charge in [0, 0.05) is 12.5 Å². The van der Waals surface area contributed by atoms with Crippen molar-refractivity contribution in [1.82, 2.24) is 10.2 Å². The summed E-state index contributed by atoms with van der Waals surface area (Å²) in [5.74, 6) is -0.738. The number of hydrogen-bond donors (Lipinski definition) is 2. The van der Waals surface area contributed by atoms with Gasteiger partial charge in [-0.15, -0.1) is 10.2 Å². The second kappa shape index (κ2) is 5.08. The zero-order valence-electron chi connectivity index (χ0n) is 7.91. The second-order valence-electron chi connectivity index (χ2n) is 2.87. The number of halogens is 2. The normalized spacial score (nSPS) is 12.9. The molecule has 1 atom stereocenters. The maximum Gasteiger partial charge on any atom is 0.291 e. The standard InChI is InChI=1S/C7H10F2N4OS/c1-3(2-10)5(14)11-7-13-12-6(15-7)4(8)9/h3-4H,2,10H2,1H3,(H,11,13,14). The summed E-state index contributed by atoms with van der Waals surface area (Å²) in [5.41, 5.74) is 5.27. The molecule has 0 saturated carbocycles. The average molecular weight is 236 g/mol. The summed E-state index contributed by atoms with van der Waals surface area (Å²) in [4.78, 5) is 11.3. The highest BCUT2D eigenvalue weighted by Crippen LogP contribution is 2.25. The molecule has 1 amide bonds. The van der Waals surface area contributed by atoms with Gasteiger partial charge in [-0.1, -0.05) is 18.3 Å². The fourth-order valence-corrected chi connectivity index (χ4v) is 1.31. The number of amides is 1. The Balaban J connectivity index is 2.61. The summed E-state index contributed by atoms with van der Waals surface area (Å²) in [6.07, 6.45) is -2.67. The van der Waals surface area contributed by atoms with Crippen molar-refractivity contribution in [2.75, 3.05) is 11.9 Å². The molecular weight excluding hydrogens is 226 g/mol. The van der Waals surface area contributed by atoms with Crippen molar-refractivity contribution >= 4 is 22.4 Å². The highest BCUT2D eigenvalue weighted by molar-refractivity contribution is 7.15. The minimum absolute atomic E-state index is 0.0654. The van der Waals surface area contributed by atoms with Crippen molar-refractivity contribution in [2.24, 2.45) is 11.7 Å². The molecule has 0 spiro atoms. The van der Waals surface area contributed by atoms with Gasteiger partial charge in [-0.25, -0.2) is 8.78 Å². The quantitative estimate of drug-likeness (QED) is 0.817. The first-order chi connectivity index (χ1) is 7.04. The number of anilines is 1. The summed E-state index contributed by atoms with van der Waals surface area (Å²) in [5, 5.41) is 8.65. The van der Waals surface area contributed by atoms with E-state index in [4.69, 9.17) is 5.73 Å². The Labute approximate surface area is 88.7 Å². The molecule has 0 aliphatic rings. The van der Waals surface area contributed by atoms with Crippen LogP contribution < -0.4 is 11.1 Å². The number of carbonyl (C=O) groups is 1. The van der Waals surface area contributed by atoms with E-state index in [0.29, 0.717) is 11.3 Å². The van der Waals surface area contributed by atoms with Crippen LogP contribution in [0.5, 0.6) is 0 Å². The van der Waals surface area contributed by atoms with Crippen LogP contribution in [0.2, 0.25) is 0 Å². The molecule has 0 aliphatic carbocycles. The number of nitrogens with one attached hydrogen (secondary N) is 1. The first-order valence-corrected chi connectivity index (χ1v) is 4.98. The van der Waals surface area contributed by atoms with Crippen molar-refractivity contribution in [2.45, 2.75) is 13.3 Å². The molecular formula is C7H10F2N4OS. The molecule has 0 fully saturated rings. The monoisotopic (exact) mass is 236 g/mol. The summed E-state index contributed by atoms with van der Waals surface area (Å²) in [6, 6.07) is 0. The van der Waals surface area contributed by atoms with Gasteiger partial charge in [0.1, 0.15) is 0 Å². The Morgan fingerprint density at radius 2 is 2.27 bits per heavy atom. The molecule has 1 unspecified atom stereocenters. The SMILES string of the molecule is CC(CN)C(=O)Nc1nnc(C(F)F)s1. The highest BCUT2D eigenvalue weighted by Gasteiger charge is 2.17. The van der Waals surface area contributed by atoms with E-state index >= 15 is 0 Å². The summed E-state index contributed by atoms with van der Waals surface area (Å²) >= 11 is 0.652. The van der Waals surface area contributed by atoms with Crippen LogP contribution >= 0.6 is 11.3 Å². The predicted molar refractivity (Wildman–Crippen MR) is 51.7 cm³/mol. The number of carbonyl (C=O) groups excluding carboxylic acids is 1. The first kappa shape index (κ1) is 11.9. The summed E-state index contributed by atoms with van der Waals surface area (Å²) < 4.78 is 24.2. The Morgan fingerprint density at radius 3 is 2.73 bits per heavy atom. The molecule has 15 heavy (non-hydrogen) atoms. The molecule has 1 aromatic heterocycles. The molecule has 1 heterocycles. The lowest BCUT2D eigenvalue weighted by Crippen LogP contribution is -2.26. The van der Waals surface area contributed by atoms with E-state index in [2.05, 4.69) is 15.5 Å². The number of aromatic nitrogens is 2. The summed E-state index contributed by atoms with van der Waals surface area (Å²) in [7, 11) is 0. The van der Waals surface area contributed by atoms with Crippen molar-refractivity contribution in [3.05, 3.63) is 5.01 Å². The fraction of sp³-hybridized carbons (Fsp3) is 0.571. The number of rotatable bonds is 4. The molecule has 3 N–H and O–H groups in total. The lowest BCUT2D eigenvalue weighted by molar-refractivity contribution is -0.119. The van der Waals surface area contributed by atoms with E-state index in [1.807, 2.05) is 0 Å². The third kappa shape index (κ3) is 3.17. The van der Waals surface area contributed by atoms with Gasteiger partial charge in [-0.3, -0.25) is 4.79 Å². The molecule has 0 bridgehead atoms. The van der Waals surface area contributed by atoms with E-state index in [9.17, 15) is 13.6 Å². The van der Waals surface area contributed by atoms with Crippen LogP contribution in [-0.2, 0) is 4.79 Å². The number of hydrogen-bond acceptors (Lipinski definition) is 5. The zero-order chi connectivity index (χ0) is 11.4. The van der Waals surface area contributed by atoms with E-state index in [0.717, 1.165) is 0 Å².